The molecule has 1 N–H and O–H groups in total. The molecule has 0 saturated carbocycles. The summed E-state index contributed by atoms with van der Waals surface area (Å²) in [6.45, 7) is 1.93. The van der Waals surface area contributed by atoms with Gasteiger partial charge in [0.15, 0.2) is 0 Å². The van der Waals surface area contributed by atoms with Crippen molar-refractivity contribution in [2.75, 3.05) is 19.0 Å². The van der Waals surface area contributed by atoms with Crippen LogP contribution in [0.5, 0.6) is 0 Å². The van der Waals surface area contributed by atoms with Gasteiger partial charge in [0.2, 0.25) is 0 Å². The highest BCUT2D eigenvalue weighted by molar-refractivity contribution is 7.13. The van der Waals surface area contributed by atoms with Gasteiger partial charge >= 0.3 is 5.97 Å². The normalized spacial score (nSPS) is 10.6. The summed E-state index contributed by atoms with van der Waals surface area (Å²) in [5.41, 5.74) is 2.96. The van der Waals surface area contributed by atoms with Gasteiger partial charge in [-0.1, -0.05) is 19.1 Å². The number of hydrogen-bond acceptors (Lipinski definition) is 4. The van der Waals surface area contributed by atoms with Gasteiger partial charge < -0.3 is 10.0 Å². The molecule has 0 aliphatic heterocycles. The Morgan fingerprint density at radius 3 is 2.70 bits per heavy atom. The van der Waals surface area contributed by atoms with Crippen LogP contribution >= 0.6 is 11.3 Å². The fourth-order valence-corrected chi connectivity index (χ4v) is 3.03. The largest absolute Gasteiger partial charge is 0.477 e. The zero-order valence-corrected chi connectivity index (χ0v) is 12.7. The Morgan fingerprint density at radius 2 is 2.15 bits per heavy atom. The summed E-state index contributed by atoms with van der Waals surface area (Å²) in [6.07, 6.45) is 1.32. The molecule has 0 unspecified atom stereocenters. The lowest BCUT2D eigenvalue weighted by atomic mass is 10.1. The second-order valence-electron chi connectivity index (χ2n) is 4.78. The number of carboxylic acid groups (broad SMARTS) is 1. The van der Waals surface area contributed by atoms with Gasteiger partial charge in [0, 0.05) is 26.2 Å². The van der Waals surface area contributed by atoms with Crippen molar-refractivity contribution in [2.24, 2.45) is 0 Å². The Hall–Kier alpha value is -1.88. The van der Waals surface area contributed by atoms with Crippen molar-refractivity contribution in [3.63, 3.8) is 0 Å². The van der Waals surface area contributed by atoms with Gasteiger partial charge in [-0.25, -0.2) is 9.78 Å². The van der Waals surface area contributed by atoms with Crippen LogP contribution in [0, 0.1) is 0 Å². The standard InChI is InChI=1S/C15H18N2O2S/c1-4-12-14(15(18)19)20-13(16-12)9-10-6-5-7-11(8-10)17(2)3/h5-8H,4,9H2,1-3H3,(H,18,19). The van der Waals surface area contributed by atoms with E-state index in [2.05, 4.69) is 11.1 Å². The van der Waals surface area contributed by atoms with Crippen LogP contribution < -0.4 is 4.90 Å². The molecule has 4 nitrogen and oxygen atoms in total. The quantitative estimate of drug-likeness (QED) is 0.919. The summed E-state index contributed by atoms with van der Waals surface area (Å²) in [5.74, 6) is -0.882. The van der Waals surface area contributed by atoms with Crippen LogP contribution in [0.3, 0.4) is 0 Å². The molecule has 0 amide bonds. The molecule has 0 spiro atoms. The predicted octanol–water partition coefficient (Wildman–Crippen LogP) is 3.06. The maximum absolute atomic E-state index is 11.2. The van der Waals surface area contributed by atoms with Gasteiger partial charge in [-0.3, -0.25) is 0 Å². The van der Waals surface area contributed by atoms with E-state index in [1.165, 1.54) is 11.3 Å². The average Bonchev–Trinajstić information content (AvgIpc) is 2.82. The minimum Gasteiger partial charge on any atom is -0.477 e. The molecule has 0 radical (unpaired) electrons. The van der Waals surface area contributed by atoms with E-state index in [9.17, 15) is 4.79 Å². The Labute approximate surface area is 122 Å². The lowest BCUT2D eigenvalue weighted by Crippen LogP contribution is -2.08. The van der Waals surface area contributed by atoms with Crippen molar-refractivity contribution < 1.29 is 9.90 Å². The van der Waals surface area contributed by atoms with Gasteiger partial charge in [0.1, 0.15) is 4.88 Å². The first-order valence-electron chi connectivity index (χ1n) is 6.49. The molecule has 0 fully saturated rings. The first-order valence-corrected chi connectivity index (χ1v) is 7.31. The minimum atomic E-state index is -0.882. The molecular weight excluding hydrogens is 272 g/mol. The van der Waals surface area contributed by atoms with Crippen molar-refractivity contribution in [1.29, 1.82) is 0 Å². The maximum Gasteiger partial charge on any atom is 0.347 e. The van der Waals surface area contributed by atoms with Crippen molar-refractivity contribution in [3.05, 3.63) is 45.4 Å². The zero-order chi connectivity index (χ0) is 14.7. The molecule has 0 saturated heterocycles. The van der Waals surface area contributed by atoms with Crippen LogP contribution in [0.2, 0.25) is 0 Å². The topological polar surface area (TPSA) is 53.4 Å². The Balaban J connectivity index is 2.26. The molecule has 106 valence electrons. The smallest absolute Gasteiger partial charge is 0.347 e. The summed E-state index contributed by atoms with van der Waals surface area (Å²) in [6, 6.07) is 8.20. The molecule has 0 atom stereocenters. The third-order valence-electron chi connectivity index (χ3n) is 3.05. The third-order valence-corrected chi connectivity index (χ3v) is 4.14. The van der Waals surface area contributed by atoms with Crippen LogP contribution in [0.4, 0.5) is 5.69 Å². The SMILES string of the molecule is CCc1nc(Cc2cccc(N(C)C)c2)sc1C(=O)O. The number of aromatic nitrogens is 1. The number of hydrogen-bond donors (Lipinski definition) is 1. The van der Waals surface area contributed by atoms with Crippen molar-refractivity contribution in [1.82, 2.24) is 4.98 Å². The number of thiazole rings is 1. The highest BCUT2D eigenvalue weighted by Gasteiger charge is 2.16. The van der Waals surface area contributed by atoms with E-state index >= 15 is 0 Å². The average molecular weight is 290 g/mol. The van der Waals surface area contributed by atoms with Gasteiger partial charge in [0.25, 0.3) is 0 Å². The molecule has 1 heterocycles. The van der Waals surface area contributed by atoms with Crippen LogP contribution in [-0.2, 0) is 12.8 Å². The fraction of sp³-hybridized carbons (Fsp3) is 0.333. The van der Waals surface area contributed by atoms with Crippen molar-refractivity contribution in [3.8, 4) is 0 Å². The predicted molar refractivity (Wildman–Crippen MR) is 82.0 cm³/mol. The van der Waals surface area contributed by atoms with E-state index < -0.39 is 5.97 Å². The second kappa shape index (κ2) is 6.05. The molecular formula is C15H18N2O2S. The maximum atomic E-state index is 11.2. The number of benzene rings is 1. The van der Waals surface area contributed by atoms with Crippen molar-refractivity contribution in [2.45, 2.75) is 19.8 Å². The number of rotatable bonds is 5. The second-order valence-corrected chi connectivity index (χ2v) is 5.87. The lowest BCUT2D eigenvalue weighted by molar-refractivity contribution is 0.0701. The van der Waals surface area contributed by atoms with Crippen LogP contribution in [-0.4, -0.2) is 30.2 Å². The Bertz CT molecular complexity index is 620. The number of carboxylic acids is 1. The summed E-state index contributed by atoms with van der Waals surface area (Å²) in [7, 11) is 4.00. The zero-order valence-electron chi connectivity index (χ0n) is 11.9. The lowest BCUT2D eigenvalue weighted by Gasteiger charge is -2.13. The number of carbonyl (C=O) groups is 1. The van der Waals surface area contributed by atoms with Crippen LogP contribution in [0.1, 0.15) is 32.9 Å². The van der Waals surface area contributed by atoms with E-state index in [-0.39, 0.29) is 0 Å². The van der Waals surface area contributed by atoms with E-state index in [1.54, 1.807) is 0 Å². The van der Waals surface area contributed by atoms with Crippen LogP contribution in [0.15, 0.2) is 24.3 Å². The first kappa shape index (κ1) is 14.5. The summed E-state index contributed by atoms with van der Waals surface area (Å²) < 4.78 is 0. The number of aromatic carboxylic acids is 1. The summed E-state index contributed by atoms with van der Waals surface area (Å²) in [5, 5.41) is 10.0. The van der Waals surface area contributed by atoms with Crippen LogP contribution in [0.25, 0.3) is 0 Å². The van der Waals surface area contributed by atoms with E-state index in [4.69, 9.17) is 5.11 Å². The monoisotopic (exact) mass is 290 g/mol. The summed E-state index contributed by atoms with van der Waals surface area (Å²) >= 11 is 1.28. The van der Waals surface area contributed by atoms with E-state index in [0.717, 1.165) is 16.3 Å². The Morgan fingerprint density at radius 1 is 1.40 bits per heavy atom. The molecule has 0 bridgehead atoms. The third kappa shape index (κ3) is 3.17. The number of anilines is 1. The first-order chi connectivity index (χ1) is 9.51. The van der Waals surface area contributed by atoms with Crippen molar-refractivity contribution >= 4 is 23.0 Å². The van der Waals surface area contributed by atoms with Gasteiger partial charge in [-0.2, -0.15) is 0 Å². The molecule has 20 heavy (non-hydrogen) atoms. The molecule has 2 rings (SSSR count). The Kier molecular flexibility index (Phi) is 4.39. The van der Waals surface area contributed by atoms with Gasteiger partial charge in [-0.05, 0) is 24.1 Å². The molecule has 0 aliphatic rings. The van der Waals surface area contributed by atoms with Gasteiger partial charge in [0.05, 0.1) is 10.7 Å². The molecule has 1 aromatic heterocycles. The molecule has 2 aromatic rings. The highest BCUT2D eigenvalue weighted by atomic mass is 32.1. The summed E-state index contributed by atoms with van der Waals surface area (Å²) in [4.78, 5) is 18.0. The number of nitrogens with zero attached hydrogens (tertiary/aromatic N) is 2. The molecule has 5 heteroatoms. The minimum absolute atomic E-state index is 0.367. The highest BCUT2D eigenvalue weighted by Crippen LogP contribution is 2.23. The fourth-order valence-electron chi connectivity index (χ4n) is 2.00. The van der Waals surface area contributed by atoms with Gasteiger partial charge in [-0.15, -0.1) is 11.3 Å². The van der Waals surface area contributed by atoms with E-state index in [1.807, 2.05) is 44.1 Å². The number of aryl methyl sites for hydroxylation is 1. The molecule has 0 aliphatic carbocycles. The van der Waals surface area contributed by atoms with E-state index in [0.29, 0.717) is 23.4 Å². The molecule has 1 aromatic carbocycles.